The fourth-order valence-electron chi connectivity index (χ4n) is 4.02. The van der Waals surface area contributed by atoms with E-state index < -0.39 is 11.2 Å². The minimum atomic E-state index is -0.688. The molecule has 3 N–H and O–H groups in total. The molecule has 0 saturated heterocycles. The highest BCUT2D eigenvalue weighted by atomic mass is 16.3. The molecule has 0 radical (unpaired) electrons. The highest BCUT2D eigenvalue weighted by molar-refractivity contribution is 5.98. The van der Waals surface area contributed by atoms with E-state index in [2.05, 4.69) is 4.98 Å². The van der Waals surface area contributed by atoms with E-state index in [9.17, 15) is 14.4 Å². The number of furan rings is 1. The molecule has 0 spiro atoms. The van der Waals surface area contributed by atoms with E-state index in [0.717, 1.165) is 22.9 Å². The fourth-order valence-corrected chi connectivity index (χ4v) is 4.02. The van der Waals surface area contributed by atoms with Crippen LogP contribution in [0.4, 0.5) is 11.5 Å². The van der Waals surface area contributed by atoms with Crippen LogP contribution in [0, 0.1) is 6.92 Å². The molecule has 176 valence electrons. The number of aryl methyl sites for hydroxylation is 1. The van der Waals surface area contributed by atoms with Gasteiger partial charge in [0, 0.05) is 17.5 Å². The van der Waals surface area contributed by atoms with Crippen molar-refractivity contribution in [3.63, 3.8) is 0 Å². The molecule has 0 aliphatic heterocycles. The molecular weight excluding hydrogens is 432 g/mol. The van der Waals surface area contributed by atoms with E-state index >= 15 is 0 Å². The molecule has 0 aliphatic carbocycles. The first-order chi connectivity index (χ1) is 16.4. The minimum absolute atomic E-state index is 0.00978. The molecule has 34 heavy (non-hydrogen) atoms. The van der Waals surface area contributed by atoms with Crippen molar-refractivity contribution < 1.29 is 9.21 Å². The molecule has 4 aromatic rings. The van der Waals surface area contributed by atoms with Crippen molar-refractivity contribution >= 4 is 28.4 Å². The number of fused-ring (bicyclic) bond motifs is 1. The van der Waals surface area contributed by atoms with Gasteiger partial charge in [0.2, 0.25) is 5.91 Å². The summed E-state index contributed by atoms with van der Waals surface area (Å²) in [7, 11) is 0. The summed E-state index contributed by atoms with van der Waals surface area (Å²) in [6.45, 7) is 4.45. The predicted octanol–water partition coefficient (Wildman–Crippen LogP) is 3.75. The number of aromatic amines is 1. The van der Waals surface area contributed by atoms with Crippen LogP contribution in [0.25, 0.3) is 11.0 Å². The van der Waals surface area contributed by atoms with Crippen LogP contribution >= 0.6 is 0 Å². The van der Waals surface area contributed by atoms with Crippen molar-refractivity contribution in [2.75, 3.05) is 10.6 Å². The highest BCUT2D eigenvalue weighted by Crippen LogP contribution is 2.26. The summed E-state index contributed by atoms with van der Waals surface area (Å²) in [5, 5.41) is 0.841. The Balaban J connectivity index is 1.77. The number of nitrogens with one attached hydrogen (secondary N) is 1. The second-order valence-electron chi connectivity index (χ2n) is 8.40. The number of carbonyl (C=O) groups excluding carboxylic acids is 1. The molecule has 1 amide bonds. The number of nitrogen functional groups attached to an aromatic ring is 1. The summed E-state index contributed by atoms with van der Waals surface area (Å²) in [5.41, 5.74) is 8.34. The van der Waals surface area contributed by atoms with Crippen LogP contribution in [0.3, 0.4) is 0 Å². The minimum Gasteiger partial charge on any atom is -0.464 e. The third-order valence-corrected chi connectivity index (χ3v) is 5.86. The number of H-pyrrole nitrogens is 1. The molecule has 2 aromatic carbocycles. The Hall–Kier alpha value is -4.07. The first-order valence-corrected chi connectivity index (χ1v) is 11.3. The second-order valence-corrected chi connectivity index (χ2v) is 8.40. The summed E-state index contributed by atoms with van der Waals surface area (Å²) in [5.74, 6) is -0.343. The van der Waals surface area contributed by atoms with Gasteiger partial charge in [-0.1, -0.05) is 55.8 Å². The Morgan fingerprint density at radius 3 is 2.65 bits per heavy atom. The summed E-state index contributed by atoms with van der Waals surface area (Å²) in [6.07, 6.45) is 3.14. The molecule has 0 saturated carbocycles. The summed E-state index contributed by atoms with van der Waals surface area (Å²) < 4.78 is 6.97. The third kappa shape index (κ3) is 4.66. The van der Waals surface area contributed by atoms with Gasteiger partial charge in [-0.3, -0.25) is 24.0 Å². The number of unbranched alkanes of at least 4 members (excludes halogenated alkanes) is 1. The van der Waals surface area contributed by atoms with E-state index in [1.54, 1.807) is 6.26 Å². The predicted molar refractivity (Wildman–Crippen MR) is 133 cm³/mol. The Labute approximate surface area is 196 Å². The standard InChI is InChI=1S/C26H28N4O4/c1-3-4-12-29-24(27)23(25(32)28-26(29)33)30(15-18-8-6-5-7-9-18)22(31)14-19-16-34-21-13-17(2)10-11-20(19)21/h5-11,13,16H,3-4,12,14-15,27H2,1-2H3,(H,28,32,33). The smallest absolute Gasteiger partial charge is 0.330 e. The van der Waals surface area contributed by atoms with E-state index in [1.807, 2.05) is 62.4 Å². The molecule has 0 fully saturated rings. The number of benzene rings is 2. The van der Waals surface area contributed by atoms with Gasteiger partial charge in [0.05, 0.1) is 19.2 Å². The van der Waals surface area contributed by atoms with Gasteiger partial charge in [-0.05, 0) is 30.5 Å². The SMILES string of the molecule is CCCCn1c(N)c(N(Cc2ccccc2)C(=O)Cc2coc3cc(C)ccc23)c(=O)[nH]c1=O. The molecule has 8 nitrogen and oxygen atoms in total. The summed E-state index contributed by atoms with van der Waals surface area (Å²) in [4.78, 5) is 42.6. The Morgan fingerprint density at radius 1 is 1.15 bits per heavy atom. The average Bonchev–Trinajstić information content (AvgIpc) is 3.20. The Morgan fingerprint density at radius 2 is 1.91 bits per heavy atom. The molecule has 4 rings (SSSR count). The van der Waals surface area contributed by atoms with E-state index in [0.29, 0.717) is 24.1 Å². The molecule has 0 atom stereocenters. The number of nitrogens with zero attached hydrogens (tertiary/aromatic N) is 2. The van der Waals surface area contributed by atoms with Crippen LogP contribution in [0.15, 0.2) is 68.8 Å². The van der Waals surface area contributed by atoms with E-state index in [1.165, 1.54) is 9.47 Å². The van der Waals surface area contributed by atoms with Gasteiger partial charge in [0.25, 0.3) is 5.56 Å². The Bertz CT molecular complexity index is 1430. The van der Waals surface area contributed by atoms with Gasteiger partial charge in [-0.2, -0.15) is 0 Å². The fraction of sp³-hybridized carbons (Fsp3) is 0.269. The lowest BCUT2D eigenvalue weighted by molar-refractivity contribution is -0.118. The second kappa shape index (κ2) is 9.82. The zero-order valence-electron chi connectivity index (χ0n) is 19.3. The summed E-state index contributed by atoms with van der Waals surface area (Å²) in [6, 6.07) is 15.1. The molecule has 8 heteroatoms. The number of rotatable bonds is 8. The van der Waals surface area contributed by atoms with Gasteiger partial charge < -0.3 is 10.2 Å². The van der Waals surface area contributed by atoms with Crippen LogP contribution in [-0.2, 0) is 24.3 Å². The van der Waals surface area contributed by atoms with Crippen LogP contribution in [0.5, 0.6) is 0 Å². The number of hydrogen-bond acceptors (Lipinski definition) is 5. The molecule has 0 aliphatic rings. The maximum absolute atomic E-state index is 13.6. The van der Waals surface area contributed by atoms with Gasteiger partial charge in [0.15, 0.2) is 5.69 Å². The van der Waals surface area contributed by atoms with Crippen LogP contribution in [0.2, 0.25) is 0 Å². The third-order valence-electron chi connectivity index (χ3n) is 5.86. The normalized spacial score (nSPS) is 11.1. The molecule has 2 aromatic heterocycles. The van der Waals surface area contributed by atoms with E-state index in [4.69, 9.17) is 10.2 Å². The largest absolute Gasteiger partial charge is 0.464 e. The van der Waals surface area contributed by atoms with Gasteiger partial charge in [-0.25, -0.2) is 4.79 Å². The van der Waals surface area contributed by atoms with Crippen molar-refractivity contribution in [2.24, 2.45) is 0 Å². The number of carbonyl (C=O) groups is 1. The number of amides is 1. The van der Waals surface area contributed by atoms with Crippen LogP contribution in [0.1, 0.15) is 36.5 Å². The maximum Gasteiger partial charge on any atom is 0.330 e. The molecule has 2 heterocycles. The van der Waals surface area contributed by atoms with Gasteiger partial charge in [-0.15, -0.1) is 0 Å². The molecule has 0 bridgehead atoms. The quantitative estimate of drug-likeness (QED) is 0.416. The summed E-state index contributed by atoms with van der Waals surface area (Å²) >= 11 is 0. The lowest BCUT2D eigenvalue weighted by atomic mass is 10.1. The van der Waals surface area contributed by atoms with Gasteiger partial charge in [0.1, 0.15) is 11.4 Å². The van der Waals surface area contributed by atoms with Crippen molar-refractivity contribution in [3.05, 3.63) is 92.3 Å². The first-order valence-electron chi connectivity index (χ1n) is 11.3. The number of anilines is 2. The zero-order valence-corrected chi connectivity index (χ0v) is 19.3. The number of nitrogens with two attached hydrogens (primary N) is 1. The average molecular weight is 461 g/mol. The molecule has 0 unspecified atom stereocenters. The van der Waals surface area contributed by atoms with Crippen LogP contribution in [-0.4, -0.2) is 15.5 Å². The monoisotopic (exact) mass is 460 g/mol. The lowest BCUT2D eigenvalue weighted by Gasteiger charge is -2.24. The zero-order chi connectivity index (χ0) is 24.2. The Kier molecular flexibility index (Phi) is 6.67. The lowest BCUT2D eigenvalue weighted by Crippen LogP contribution is -2.41. The molecular formula is C26H28N4O4. The van der Waals surface area contributed by atoms with Crippen molar-refractivity contribution in [1.82, 2.24) is 9.55 Å². The number of aromatic nitrogens is 2. The first kappa shape index (κ1) is 23.1. The topological polar surface area (TPSA) is 114 Å². The van der Waals surface area contributed by atoms with Crippen molar-refractivity contribution in [3.8, 4) is 0 Å². The van der Waals surface area contributed by atoms with E-state index in [-0.39, 0.29) is 30.4 Å². The highest BCUT2D eigenvalue weighted by Gasteiger charge is 2.25. The van der Waals surface area contributed by atoms with Gasteiger partial charge >= 0.3 is 5.69 Å². The maximum atomic E-state index is 13.6. The van der Waals surface area contributed by atoms with Crippen molar-refractivity contribution in [2.45, 2.75) is 46.2 Å². The van der Waals surface area contributed by atoms with Crippen LogP contribution < -0.4 is 21.9 Å². The number of hydrogen-bond donors (Lipinski definition) is 2. The van der Waals surface area contributed by atoms with Crippen molar-refractivity contribution in [1.29, 1.82) is 0 Å².